The minimum Gasteiger partial charge on any atom is -0.327 e. The molecule has 0 aliphatic rings. The van der Waals surface area contributed by atoms with E-state index in [9.17, 15) is 8.42 Å². The smallest absolute Gasteiger partial charge is 0.257 e. The van der Waals surface area contributed by atoms with E-state index in [1.807, 2.05) is 0 Å². The predicted octanol–water partition coefficient (Wildman–Crippen LogP) is 0.0718. The fourth-order valence-electron chi connectivity index (χ4n) is 1.60. The number of aryl methyl sites for hydroxylation is 1. The molecule has 0 aliphatic carbocycles. The van der Waals surface area contributed by atoms with Gasteiger partial charge in [0.25, 0.3) is 10.0 Å². The number of hydrogen-bond donors (Lipinski definition) is 2. The Morgan fingerprint density at radius 1 is 1.53 bits per heavy atom. The minimum atomic E-state index is -3.51. The molecule has 0 radical (unpaired) electrons. The van der Waals surface area contributed by atoms with Crippen LogP contribution in [0.4, 0.5) is 0 Å². The molecule has 0 saturated heterocycles. The van der Waals surface area contributed by atoms with Crippen molar-refractivity contribution >= 4 is 10.0 Å². The lowest BCUT2D eigenvalue weighted by Crippen LogP contribution is -2.38. The van der Waals surface area contributed by atoms with Crippen LogP contribution in [0, 0.1) is 5.92 Å². The van der Waals surface area contributed by atoms with Crippen molar-refractivity contribution < 1.29 is 8.42 Å². The van der Waals surface area contributed by atoms with E-state index in [4.69, 9.17) is 5.73 Å². The standard InChI is InChI=1S/C10H20N4O2S/c1-8(2)6-9(11)7-13-17(15,16)10-4-5-12-14(10)3/h4-5,8-9,13H,6-7,11H2,1-3H3. The van der Waals surface area contributed by atoms with Crippen LogP contribution in [0.5, 0.6) is 0 Å². The van der Waals surface area contributed by atoms with Gasteiger partial charge in [-0.2, -0.15) is 5.10 Å². The Labute approximate surface area is 102 Å². The fraction of sp³-hybridized carbons (Fsp3) is 0.700. The SMILES string of the molecule is CC(C)CC(N)CNS(=O)(=O)c1ccnn1C. The molecule has 17 heavy (non-hydrogen) atoms. The Balaban J connectivity index is 2.60. The molecule has 0 spiro atoms. The predicted molar refractivity (Wildman–Crippen MR) is 65.8 cm³/mol. The van der Waals surface area contributed by atoms with Crippen LogP contribution in [0.15, 0.2) is 17.3 Å². The second-order valence-electron chi connectivity index (χ2n) is 4.53. The first-order chi connectivity index (χ1) is 7.83. The fourth-order valence-corrected chi connectivity index (χ4v) is 2.82. The highest BCUT2D eigenvalue weighted by atomic mass is 32.2. The normalized spacial score (nSPS) is 14.2. The summed E-state index contributed by atoms with van der Waals surface area (Å²) in [6.07, 6.45) is 2.23. The number of aromatic nitrogens is 2. The van der Waals surface area contributed by atoms with Crippen molar-refractivity contribution in [1.82, 2.24) is 14.5 Å². The number of rotatable bonds is 6. The Morgan fingerprint density at radius 2 is 2.18 bits per heavy atom. The van der Waals surface area contributed by atoms with Crippen LogP contribution in [-0.4, -0.2) is 30.8 Å². The summed E-state index contributed by atoms with van der Waals surface area (Å²) in [4.78, 5) is 0. The van der Waals surface area contributed by atoms with E-state index >= 15 is 0 Å². The average Bonchev–Trinajstić information content (AvgIpc) is 2.61. The summed E-state index contributed by atoms with van der Waals surface area (Å²) < 4.78 is 27.6. The van der Waals surface area contributed by atoms with Crippen LogP contribution in [-0.2, 0) is 17.1 Å². The lowest BCUT2D eigenvalue weighted by Gasteiger charge is -2.14. The van der Waals surface area contributed by atoms with Gasteiger partial charge in [-0.3, -0.25) is 4.68 Å². The molecule has 3 N–H and O–H groups in total. The third kappa shape index (κ3) is 4.10. The first kappa shape index (κ1) is 14.1. The van der Waals surface area contributed by atoms with E-state index in [1.54, 1.807) is 7.05 Å². The largest absolute Gasteiger partial charge is 0.327 e. The van der Waals surface area contributed by atoms with Crippen molar-refractivity contribution in [1.29, 1.82) is 0 Å². The summed E-state index contributed by atoms with van der Waals surface area (Å²) in [5, 5.41) is 3.97. The second-order valence-corrected chi connectivity index (χ2v) is 6.25. The van der Waals surface area contributed by atoms with E-state index in [2.05, 4.69) is 23.7 Å². The lowest BCUT2D eigenvalue weighted by atomic mass is 10.1. The topological polar surface area (TPSA) is 90.0 Å². The Morgan fingerprint density at radius 3 is 2.65 bits per heavy atom. The maximum Gasteiger partial charge on any atom is 0.257 e. The average molecular weight is 260 g/mol. The first-order valence-corrected chi connectivity index (χ1v) is 7.04. The third-order valence-corrected chi connectivity index (χ3v) is 3.86. The number of nitrogens with zero attached hydrogens (tertiary/aromatic N) is 2. The molecular weight excluding hydrogens is 240 g/mol. The van der Waals surface area contributed by atoms with Gasteiger partial charge in [0.15, 0.2) is 5.03 Å². The molecule has 7 heteroatoms. The highest BCUT2D eigenvalue weighted by Gasteiger charge is 2.18. The molecule has 0 aliphatic heterocycles. The summed E-state index contributed by atoms with van der Waals surface area (Å²) in [5.74, 6) is 0.450. The highest BCUT2D eigenvalue weighted by Crippen LogP contribution is 2.07. The van der Waals surface area contributed by atoms with Gasteiger partial charge in [0.1, 0.15) is 0 Å². The summed E-state index contributed by atoms with van der Waals surface area (Å²) in [5.41, 5.74) is 5.82. The van der Waals surface area contributed by atoms with E-state index in [0.717, 1.165) is 6.42 Å². The molecule has 6 nitrogen and oxygen atoms in total. The number of nitrogens with one attached hydrogen (secondary N) is 1. The summed E-state index contributed by atoms with van der Waals surface area (Å²) >= 11 is 0. The first-order valence-electron chi connectivity index (χ1n) is 5.56. The summed E-state index contributed by atoms with van der Waals surface area (Å²) in [7, 11) is -1.92. The third-order valence-electron chi connectivity index (χ3n) is 2.36. The Bertz CT molecular complexity index is 453. The van der Waals surface area contributed by atoms with E-state index in [-0.39, 0.29) is 17.6 Å². The summed E-state index contributed by atoms with van der Waals surface area (Å²) in [6, 6.07) is 1.29. The van der Waals surface area contributed by atoms with Crippen LogP contribution in [0.3, 0.4) is 0 Å². The van der Waals surface area contributed by atoms with Gasteiger partial charge >= 0.3 is 0 Å². The van der Waals surface area contributed by atoms with Crippen LogP contribution >= 0.6 is 0 Å². The van der Waals surface area contributed by atoms with Crippen LogP contribution in [0.2, 0.25) is 0 Å². The zero-order valence-electron chi connectivity index (χ0n) is 10.4. The van der Waals surface area contributed by atoms with Gasteiger partial charge in [0, 0.05) is 19.6 Å². The van der Waals surface area contributed by atoms with Crippen LogP contribution in [0.1, 0.15) is 20.3 Å². The zero-order chi connectivity index (χ0) is 13.1. The van der Waals surface area contributed by atoms with Gasteiger partial charge in [-0.25, -0.2) is 13.1 Å². The zero-order valence-corrected chi connectivity index (χ0v) is 11.2. The molecule has 0 bridgehead atoms. The highest BCUT2D eigenvalue weighted by molar-refractivity contribution is 7.89. The Kier molecular flexibility index (Phi) is 4.67. The number of nitrogens with two attached hydrogens (primary N) is 1. The number of hydrogen-bond acceptors (Lipinski definition) is 4. The van der Waals surface area contributed by atoms with Gasteiger partial charge in [-0.15, -0.1) is 0 Å². The van der Waals surface area contributed by atoms with Gasteiger partial charge in [-0.1, -0.05) is 13.8 Å². The van der Waals surface area contributed by atoms with Gasteiger partial charge in [0.2, 0.25) is 0 Å². The molecule has 1 atom stereocenters. The van der Waals surface area contributed by atoms with E-state index < -0.39 is 10.0 Å². The molecule has 1 heterocycles. The molecule has 1 aromatic rings. The minimum absolute atomic E-state index is 0.147. The van der Waals surface area contributed by atoms with Crippen molar-refractivity contribution in [2.45, 2.75) is 31.3 Å². The van der Waals surface area contributed by atoms with Gasteiger partial charge in [-0.05, 0) is 18.4 Å². The maximum absolute atomic E-state index is 11.9. The number of sulfonamides is 1. The molecule has 0 fully saturated rings. The van der Waals surface area contributed by atoms with Gasteiger partial charge in [0.05, 0.1) is 6.20 Å². The van der Waals surface area contributed by atoms with Crippen molar-refractivity contribution in [3.8, 4) is 0 Å². The van der Waals surface area contributed by atoms with Gasteiger partial charge < -0.3 is 5.73 Å². The molecule has 1 rings (SSSR count). The molecule has 0 amide bonds. The van der Waals surface area contributed by atoms with Crippen LogP contribution in [0.25, 0.3) is 0 Å². The van der Waals surface area contributed by atoms with Crippen molar-refractivity contribution in [2.75, 3.05) is 6.54 Å². The van der Waals surface area contributed by atoms with Crippen molar-refractivity contribution in [3.05, 3.63) is 12.3 Å². The lowest BCUT2D eigenvalue weighted by molar-refractivity contribution is 0.484. The monoisotopic (exact) mass is 260 g/mol. The second kappa shape index (κ2) is 5.61. The van der Waals surface area contributed by atoms with Crippen LogP contribution < -0.4 is 10.5 Å². The van der Waals surface area contributed by atoms with Crippen molar-refractivity contribution in [3.63, 3.8) is 0 Å². The maximum atomic E-state index is 11.9. The molecule has 1 unspecified atom stereocenters. The Hall–Kier alpha value is -0.920. The molecule has 0 aromatic carbocycles. The molecule has 1 aromatic heterocycles. The molecular formula is C10H20N4O2S. The molecule has 98 valence electrons. The van der Waals surface area contributed by atoms with E-state index in [1.165, 1.54) is 16.9 Å². The molecule has 0 saturated carbocycles. The van der Waals surface area contributed by atoms with E-state index in [0.29, 0.717) is 5.92 Å². The summed E-state index contributed by atoms with van der Waals surface area (Å²) in [6.45, 7) is 4.34. The quantitative estimate of drug-likeness (QED) is 0.757. The van der Waals surface area contributed by atoms with Crippen molar-refractivity contribution in [2.24, 2.45) is 18.7 Å².